The number of fused-ring (bicyclic) bond motifs is 1. The molecule has 0 fully saturated rings. The molecule has 0 saturated heterocycles. The van der Waals surface area contributed by atoms with E-state index in [9.17, 15) is 22.0 Å². The number of aromatic nitrogens is 2. The molecule has 0 atom stereocenters. The van der Waals surface area contributed by atoms with E-state index in [1.54, 1.807) is 19.2 Å². The number of benzene rings is 1. The molecule has 3 rings (SSSR count). The molecule has 0 aliphatic rings. The highest BCUT2D eigenvalue weighted by Gasteiger charge is 2.23. The van der Waals surface area contributed by atoms with E-state index in [4.69, 9.17) is 0 Å². The fourth-order valence-corrected chi connectivity index (χ4v) is 4.31. The fraction of sp³-hybridized carbons (Fsp3) is 0.222. The summed E-state index contributed by atoms with van der Waals surface area (Å²) in [5.74, 6) is -3.33. The van der Waals surface area contributed by atoms with E-state index in [1.807, 2.05) is 0 Å². The van der Waals surface area contributed by atoms with Crippen LogP contribution in [0.5, 0.6) is 0 Å². The van der Waals surface area contributed by atoms with Crippen LogP contribution in [0.25, 0.3) is 11.0 Å². The first-order valence-electron chi connectivity index (χ1n) is 8.35. The molecule has 2 N–H and O–H groups in total. The number of ketones is 1. The third kappa shape index (κ3) is 4.22. The number of anilines is 1. The fourth-order valence-electron chi connectivity index (χ4n) is 2.76. The lowest BCUT2D eigenvalue weighted by Gasteiger charge is -2.11. The second kappa shape index (κ2) is 7.96. The van der Waals surface area contributed by atoms with Gasteiger partial charge in [0.15, 0.2) is 11.6 Å². The standard InChI is InChI=1S/C18H16BrF2N3O3S/c1-2-5-28(26,27)24-14-4-3-13(20)16(17(14)21)15(25)7-10-6-11-12(19)9-23-18(11)22-8-10/h3-4,6,8-9,24H,2,5,7H2,1H3,(H,22,23). The van der Waals surface area contributed by atoms with Crippen molar-refractivity contribution in [1.82, 2.24) is 9.97 Å². The van der Waals surface area contributed by atoms with Gasteiger partial charge in [-0.25, -0.2) is 22.2 Å². The molecular formula is C18H16BrF2N3O3S. The molecule has 1 aromatic carbocycles. The van der Waals surface area contributed by atoms with Gasteiger partial charge in [-0.3, -0.25) is 9.52 Å². The van der Waals surface area contributed by atoms with Gasteiger partial charge in [0.25, 0.3) is 0 Å². The number of Topliss-reactive ketones (excluding diaryl/α,β-unsaturated/α-hetero) is 1. The van der Waals surface area contributed by atoms with E-state index < -0.39 is 38.7 Å². The topological polar surface area (TPSA) is 91.9 Å². The zero-order valence-electron chi connectivity index (χ0n) is 14.7. The van der Waals surface area contributed by atoms with Gasteiger partial charge in [0, 0.05) is 28.7 Å². The van der Waals surface area contributed by atoms with Crippen molar-refractivity contribution < 1.29 is 22.0 Å². The second-order valence-electron chi connectivity index (χ2n) is 6.18. The molecule has 2 aromatic heterocycles. The van der Waals surface area contributed by atoms with E-state index in [-0.39, 0.29) is 12.2 Å². The number of carbonyl (C=O) groups excluding carboxylic acids is 1. The molecule has 0 unspecified atom stereocenters. The lowest BCUT2D eigenvalue weighted by molar-refractivity contribution is 0.0985. The van der Waals surface area contributed by atoms with Crippen molar-refractivity contribution in [2.75, 3.05) is 10.5 Å². The maximum absolute atomic E-state index is 14.7. The SMILES string of the molecule is CCCS(=O)(=O)Nc1ccc(F)c(C(=O)Cc2cnc3[nH]cc(Br)c3c2)c1F. The maximum Gasteiger partial charge on any atom is 0.232 e. The average molecular weight is 472 g/mol. The van der Waals surface area contributed by atoms with Gasteiger partial charge in [0.1, 0.15) is 11.5 Å². The Morgan fingerprint density at radius 2 is 2.07 bits per heavy atom. The molecule has 0 aliphatic carbocycles. The van der Waals surface area contributed by atoms with Gasteiger partial charge < -0.3 is 4.98 Å². The Morgan fingerprint density at radius 1 is 1.32 bits per heavy atom. The Balaban J connectivity index is 1.92. The summed E-state index contributed by atoms with van der Waals surface area (Å²) in [4.78, 5) is 19.6. The van der Waals surface area contributed by atoms with Crippen LogP contribution in [0.3, 0.4) is 0 Å². The number of hydrogen-bond donors (Lipinski definition) is 2. The number of hydrogen-bond acceptors (Lipinski definition) is 4. The van der Waals surface area contributed by atoms with Crippen LogP contribution < -0.4 is 4.72 Å². The molecule has 0 aliphatic heterocycles. The number of rotatable bonds is 7. The summed E-state index contributed by atoms with van der Waals surface area (Å²) in [5.41, 5.74) is -0.175. The number of nitrogens with zero attached hydrogens (tertiary/aromatic N) is 1. The molecule has 2 heterocycles. The number of carbonyl (C=O) groups is 1. The molecule has 0 saturated carbocycles. The molecule has 0 radical (unpaired) electrons. The lowest BCUT2D eigenvalue weighted by Crippen LogP contribution is -2.19. The van der Waals surface area contributed by atoms with Crippen LogP contribution >= 0.6 is 15.9 Å². The zero-order valence-corrected chi connectivity index (χ0v) is 17.1. The first-order chi connectivity index (χ1) is 13.2. The van der Waals surface area contributed by atoms with Crippen molar-refractivity contribution >= 4 is 48.5 Å². The summed E-state index contributed by atoms with van der Waals surface area (Å²) < 4.78 is 55.4. The summed E-state index contributed by atoms with van der Waals surface area (Å²) in [6.07, 6.45) is 3.16. The largest absolute Gasteiger partial charge is 0.345 e. The highest BCUT2D eigenvalue weighted by Crippen LogP contribution is 2.26. The van der Waals surface area contributed by atoms with E-state index >= 15 is 0 Å². The Kier molecular flexibility index (Phi) is 5.80. The van der Waals surface area contributed by atoms with Gasteiger partial charge in [-0.1, -0.05) is 6.92 Å². The first-order valence-corrected chi connectivity index (χ1v) is 10.8. The van der Waals surface area contributed by atoms with Gasteiger partial charge in [-0.15, -0.1) is 0 Å². The van der Waals surface area contributed by atoms with E-state index in [1.165, 1.54) is 6.20 Å². The van der Waals surface area contributed by atoms with E-state index in [0.29, 0.717) is 17.6 Å². The van der Waals surface area contributed by atoms with Crippen molar-refractivity contribution in [1.29, 1.82) is 0 Å². The number of nitrogens with one attached hydrogen (secondary N) is 2. The Morgan fingerprint density at radius 3 is 2.79 bits per heavy atom. The minimum atomic E-state index is -3.79. The normalized spacial score (nSPS) is 11.7. The average Bonchev–Trinajstić information content (AvgIpc) is 2.98. The summed E-state index contributed by atoms with van der Waals surface area (Å²) in [6.45, 7) is 1.66. The van der Waals surface area contributed by atoms with Crippen molar-refractivity contribution in [2.24, 2.45) is 0 Å². The predicted molar refractivity (Wildman–Crippen MR) is 106 cm³/mol. The van der Waals surface area contributed by atoms with Crippen LogP contribution in [-0.4, -0.2) is 29.9 Å². The number of aromatic amines is 1. The zero-order chi connectivity index (χ0) is 20.5. The number of H-pyrrole nitrogens is 1. The Labute approximate surface area is 168 Å². The van der Waals surface area contributed by atoms with Crippen LogP contribution in [0.2, 0.25) is 0 Å². The van der Waals surface area contributed by atoms with Crippen molar-refractivity contribution in [2.45, 2.75) is 19.8 Å². The smallest absolute Gasteiger partial charge is 0.232 e. The van der Waals surface area contributed by atoms with Crippen LogP contribution in [0, 0.1) is 11.6 Å². The highest BCUT2D eigenvalue weighted by atomic mass is 79.9. The van der Waals surface area contributed by atoms with Gasteiger partial charge in [0.05, 0.1) is 17.0 Å². The van der Waals surface area contributed by atoms with Gasteiger partial charge in [0.2, 0.25) is 10.0 Å². The predicted octanol–water partition coefficient (Wildman–Crippen LogP) is 4.18. The van der Waals surface area contributed by atoms with Gasteiger partial charge in [-0.2, -0.15) is 0 Å². The molecule has 28 heavy (non-hydrogen) atoms. The first kappa shape index (κ1) is 20.4. The molecular weight excluding hydrogens is 456 g/mol. The maximum atomic E-state index is 14.7. The molecule has 0 spiro atoms. The minimum absolute atomic E-state index is 0.218. The second-order valence-corrected chi connectivity index (χ2v) is 8.88. The quantitative estimate of drug-likeness (QED) is 0.505. The van der Waals surface area contributed by atoms with Crippen LogP contribution in [0.1, 0.15) is 29.3 Å². The molecule has 6 nitrogen and oxygen atoms in total. The molecule has 0 amide bonds. The third-order valence-corrected chi connectivity index (χ3v) is 6.14. The lowest BCUT2D eigenvalue weighted by atomic mass is 10.0. The van der Waals surface area contributed by atoms with Crippen molar-refractivity contribution in [3.63, 3.8) is 0 Å². The van der Waals surface area contributed by atoms with E-state index in [0.717, 1.165) is 22.0 Å². The summed E-state index contributed by atoms with van der Waals surface area (Å²) >= 11 is 3.34. The summed E-state index contributed by atoms with van der Waals surface area (Å²) in [5, 5.41) is 0.729. The monoisotopic (exact) mass is 471 g/mol. The molecule has 0 bridgehead atoms. The van der Waals surface area contributed by atoms with Crippen LogP contribution in [-0.2, 0) is 16.4 Å². The summed E-state index contributed by atoms with van der Waals surface area (Å²) in [7, 11) is -3.79. The van der Waals surface area contributed by atoms with Gasteiger partial charge in [-0.05, 0) is 46.1 Å². The van der Waals surface area contributed by atoms with Gasteiger partial charge >= 0.3 is 0 Å². The number of sulfonamides is 1. The Bertz CT molecular complexity index is 1160. The Hall–Kier alpha value is -2.33. The summed E-state index contributed by atoms with van der Waals surface area (Å²) in [6, 6.07) is 3.51. The minimum Gasteiger partial charge on any atom is -0.345 e. The van der Waals surface area contributed by atoms with Crippen LogP contribution in [0.15, 0.2) is 35.1 Å². The molecule has 3 aromatic rings. The third-order valence-electron chi connectivity index (χ3n) is 4.01. The molecule has 148 valence electrons. The number of pyridine rings is 1. The molecule has 10 heteroatoms. The van der Waals surface area contributed by atoms with Crippen molar-refractivity contribution in [3.05, 3.63) is 57.8 Å². The van der Waals surface area contributed by atoms with E-state index in [2.05, 4.69) is 30.6 Å². The number of halogens is 3. The van der Waals surface area contributed by atoms with Crippen LogP contribution in [0.4, 0.5) is 14.5 Å². The highest BCUT2D eigenvalue weighted by molar-refractivity contribution is 9.10. The van der Waals surface area contributed by atoms with Crippen molar-refractivity contribution in [3.8, 4) is 0 Å².